The molecule has 6 rings (SSSR count). The summed E-state index contributed by atoms with van der Waals surface area (Å²) in [6.07, 6.45) is -7.37. The predicted octanol–water partition coefficient (Wildman–Crippen LogP) is -2.45. The summed E-state index contributed by atoms with van der Waals surface area (Å²) >= 11 is 4.69. The number of rotatable bonds is 12. The van der Waals surface area contributed by atoms with Gasteiger partial charge in [0, 0.05) is 0 Å². The van der Waals surface area contributed by atoms with Crippen molar-refractivity contribution in [3.8, 4) is 0 Å². The van der Waals surface area contributed by atoms with Gasteiger partial charge in [-0.2, -0.15) is 4.31 Å². The SMILES string of the molecule is Nc1ncnc2c1ncn2[C@@H]1O[C@H](COP(=O)(O)OP(=O)(O)OP(O)(=S)OC[C@H]2O[C@@H](n3cnc4c(N)ncnc43)[C@H](O)[C@@H]2O)[C@@H](O)[C@H]1O. The molecular formula is C20H27N10O15P3S. The highest BCUT2D eigenvalue weighted by atomic mass is 32.5. The molecule has 0 spiro atoms. The van der Waals surface area contributed by atoms with Crippen LogP contribution >= 0.6 is 22.4 Å². The average molecular weight is 772 g/mol. The van der Waals surface area contributed by atoms with Crippen molar-refractivity contribution >= 4 is 68.1 Å². The number of fused-ring (bicyclic) bond motifs is 2. The fourth-order valence-corrected chi connectivity index (χ4v) is 9.43. The van der Waals surface area contributed by atoms with Crippen molar-refractivity contribution in [3.63, 3.8) is 0 Å². The summed E-state index contributed by atoms with van der Waals surface area (Å²) in [4.78, 5) is 54.2. The van der Waals surface area contributed by atoms with Crippen molar-refractivity contribution in [1.29, 1.82) is 0 Å². The molecule has 0 bridgehead atoms. The fraction of sp³-hybridized carbons (Fsp3) is 0.500. The van der Waals surface area contributed by atoms with Gasteiger partial charge < -0.3 is 60.6 Å². The van der Waals surface area contributed by atoms with Crippen molar-refractivity contribution in [2.75, 3.05) is 24.7 Å². The number of hydrogen-bond acceptors (Lipinski definition) is 21. The molecule has 2 saturated heterocycles. The Labute approximate surface area is 277 Å². The van der Waals surface area contributed by atoms with Gasteiger partial charge in [-0.15, -0.1) is 0 Å². The lowest BCUT2D eigenvalue weighted by molar-refractivity contribution is -0.0505. The van der Waals surface area contributed by atoms with Gasteiger partial charge in [-0.05, 0) is 11.8 Å². The summed E-state index contributed by atoms with van der Waals surface area (Å²) in [6, 6.07) is 0. The topological polar surface area (TPSA) is 370 Å². The van der Waals surface area contributed by atoms with Gasteiger partial charge in [0.15, 0.2) is 35.4 Å². The second kappa shape index (κ2) is 13.4. The number of phosphoric ester groups is 1. The molecule has 29 heteroatoms. The summed E-state index contributed by atoms with van der Waals surface area (Å²) < 4.78 is 56.9. The molecule has 0 amide bonds. The molecule has 2 aliphatic heterocycles. The third kappa shape index (κ3) is 7.37. The van der Waals surface area contributed by atoms with E-state index >= 15 is 0 Å². The molecule has 6 heterocycles. The summed E-state index contributed by atoms with van der Waals surface area (Å²) in [7, 11) is -11.3. The number of nitrogens with two attached hydrogens (primary N) is 2. The molecule has 3 unspecified atom stereocenters. The monoisotopic (exact) mass is 772 g/mol. The first-order valence-electron chi connectivity index (χ1n) is 13.6. The first-order chi connectivity index (χ1) is 23.0. The lowest BCUT2D eigenvalue weighted by Gasteiger charge is -2.23. The number of imidazole rings is 2. The van der Waals surface area contributed by atoms with E-state index in [0.29, 0.717) is 0 Å². The molecule has 0 saturated carbocycles. The zero-order chi connectivity index (χ0) is 35.5. The van der Waals surface area contributed by atoms with Gasteiger partial charge in [0.1, 0.15) is 60.3 Å². The molecule has 25 nitrogen and oxygen atoms in total. The Bertz CT molecular complexity index is 1870. The largest absolute Gasteiger partial charge is 0.488 e. The minimum atomic E-state index is -5.73. The van der Waals surface area contributed by atoms with E-state index in [2.05, 4.69) is 43.0 Å². The number of aliphatic hydroxyl groups is 4. The second-order valence-electron chi connectivity index (χ2n) is 10.4. The summed E-state index contributed by atoms with van der Waals surface area (Å²) in [5, 5.41) is 42.0. The number of anilines is 2. The Morgan fingerprint density at radius 2 is 1.14 bits per heavy atom. The molecule has 49 heavy (non-hydrogen) atoms. The smallest absolute Gasteiger partial charge is 0.387 e. The second-order valence-corrected chi connectivity index (χ2v) is 16.4. The van der Waals surface area contributed by atoms with Crippen molar-refractivity contribution < 1.29 is 71.4 Å². The Morgan fingerprint density at radius 3 is 1.61 bits per heavy atom. The molecule has 4 aromatic rings. The summed E-state index contributed by atoms with van der Waals surface area (Å²) in [5.41, 5.74) is 12.2. The van der Waals surface area contributed by atoms with Crippen LogP contribution in [0.25, 0.3) is 22.3 Å². The zero-order valence-corrected chi connectivity index (χ0v) is 27.7. The lowest BCUT2D eigenvalue weighted by Crippen LogP contribution is -2.33. The van der Waals surface area contributed by atoms with Gasteiger partial charge in [0.05, 0.1) is 25.9 Å². The van der Waals surface area contributed by atoms with Crippen LogP contribution in [0.5, 0.6) is 0 Å². The van der Waals surface area contributed by atoms with E-state index in [0.717, 1.165) is 12.7 Å². The van der Waals surface area contributed by atoms with Crippen LogP contribution < -0.4 is 11.5 Å². The minimum absolute atomic E-state index is 0.0306. The van der Waals surface area contributed by atoms with E-state index in [1.807, 2.05) is 0 Å². The maximum atomic E-state index is 12.5. The number of aliphatic hydroxyl groups excluding tert-OH is 4. The molecule has 4 aromatic heterocycles. The first kappa shape index (κ1) is 36.1. The molecule has 0 aliphatic carbocycles. The summed E-state index contributed by atoms with van der Waals surface area (Å²) in [5.74, 6) is 0.0739. The third-order valence-electron chi connectivity index (χ3n) is 7.21. The molecular weight excluding hydrogens is 745 g/mol. The van der Waals surface area contributed by atoms with E-state index in [1.165, 1.54) is 21.8 Å². The highest BCUT2D eigenvalue weighted by Gasteiger charge is 2.48. The minimum Gasteiger partial charge on any atom is -0.387 e. The maximum absolute atomic E-state index is 12.5. The number of phosphoric acid groups is 2. The van der Waals surface area contributed by atoms with Crippen molar-refractivity contribution in [2.24, 2.45) is 0 Å². The number of aromatic nitrogens is 8. The van der Waals surface area contributed by atoms with Gasteiger partial charge in [-0.1, -0.05) is 0 Å². The molecule has 0 radical (unpaired) electrons. The quantitative estimate of drug-likeness (QED) is 0.0675. The van der Waals surface area contributed by atoms with Crippen LogP contribution in [0, 0.1) is 0 Å². The van der Waals surface area contributed by atoms with E-state index in [4.69, 9.17) is 37.3 Å². The molecule has 2 aliphatic rings. The van der Waals surface area contributed by atoms with Crippen LogP contribution in [0.15, 0.2) is 25.3 Å². The number of nitrogens with zero attached hydrogens (tertiary/aromatic N) is 8. The van der Waals surface area contributed by atoms with Crippen LogP contribution in [0.2, 0.25) is 0 Å². The van der Waals surface area contributed by atoms with Gasteiger partial charge >= 0.3 is 22.4 Å². The highest BCUT2D eigenvalue weighted by Crippen LogP contribution is 2.68. The van der Waals surface area contributed by atoms with Crippen molar-refractivity contribution in [2.45, 2.75) is 49.1 Å². The van der Waals surface area contributed by atoms with E-state index in [-0.39, 0.29) is 34.0 Å². The zero-order valence-electron chi connectivity index (χ0n) is 24.2. The standard InChI is InChI=1S/C20H27N10O15P3S/c21-15-9-17(25-3-23-15)29(5-27-9)19-13(33)11(31)7(42-19)1-40-46(35,36)44-47(37,38)45-48(39,49)41-2-8-12(32)14(34)20(43-8)30-6-28-10-16(22)24-4-26-18(10)30/h3-8,11-14,19-20,31-34H,1-2H2,(H,35,36)(H,37,38)(H,39,49)(H2,21,23,25)(H2,22,24,26)/t7-,8-,11-,12-,13-,14-,19-,20-,48?/m1/s1. The first-order valence-corrected chi connectivity index (χ1v) is 19.1. The van der Waals surface area contributed by atoms with E-state index in [9.17, 15) is 44.2 Å². The number of ether oxygens (including phenoxy) is 2. The van der Waals surface area contributed by atoms with Gasteiger partial charge in [0.2, 0.25) is 0 Å². The van der Waals surface area contributed by atoms with Crippen molar-refractivity contribution in [1.82, 2.24) is 39.0 Å². The summed E-state index contributed by atoms with van der Waals surface area (Å²) in [6.45, 7) is -6.57. The molecule has 11 N–H and O–H groups in total. The molecule has 268 valence electrons. The predicted molar refractivity (Wildman–Crippen MR) is 162 cm³/mol. The maximum Gasteiger partial charge on any atom is 0.488 e. The Balaban J connectivity index is 1.03. The average Bonchev–Trinajstić information content (AvgIpc) is 3.77. The van der Waals surface area contributed by atoms with Crippen LogP contribution in [0.3, 0.4) is 0 Å². The molecule has 0 aromatic carbocycles. The fourth-order valence-electron chi connectivity index (χ4n) is 4.96. The van der Waals surface area contributed by atoms with Crippen molar-refractivity contribution in [3.05, 3.63) is 25.3 Å². The van der Waals surface area contributed by atoms with Gasteiger partial charge in [-0.3, -0.25) is 13.7 Å². The highest BCUT2D eigenvalue weighted by molar-refractivity contribution is 8.08. The van der Waals surface area contributed by atoms with E-state index in [1.54, 1.807) is 0 Å². The van der Waals surface area contributed by atoms with Crippen LogP contribution in [0.1, 0.15) is 12.5 Å². The molecule has 11 atom stereocenters. The lowest BCUT2D eigenvalue weighted by atomic mass is 10.1. The number of nitrogen functional groups attached to an aromatic ring is 2. The van der Waals surface area contributed by atoms with Crippen LogP contribution in [0.4, 0.5) is 11.6 Å². The third-order valence-corrected chi connectivity index (χ3v) is 12.4. The Morgan fingerprint density at radius 1 is 0.694 bits per heavy atom. The molecule has 2 fully saturated rings. The van der Waals surface area contributed by atoms with Crippen LogP contribution in [-0.2, 0) is 48.1 Å². The Kier molecular flexibility index (Phi) is 9.90. The van der Waals surface area contributed by atoms with Gasteiger partial charge in [-0.25, -0.2) is 43.3 Å². The van der Waals surface area contributed by atoms with Gasteiger partial charge in [0.25, 0.3) is 0 Å². The normalized spacial score (nSPS) is 31.2. The Hall–Kier alpha value is -2.71. The number of hydrogen-bond donors (Lipinski definition) is 9. The van der Waals surface area contributed by atoms with Crippen LogP contribution in [-0.4, -0.2) is 124 Å². The van der Waals surface area contributed by atoms with E-state index < -0.39 is 84.7 Å².